The molecule has 2 aromatic rings. The zero-order chi connectivity index (χ0) is 18.4. The molecule has 0 unspecified atom stereocenters. The van der Waals surface area contributed by atoms with Gasteiger partial charge in [0.05, 0.1) is 10.6 Å². The molecule has 0 bridgehead atoms. The van der Waals surface area contributed by atoms with Gasteiger partial charge < -0.3 is 10.0 Å². The molecule has 5 heteroatoms. The fourth-order valence-electron chi connectivity index (χ4n) is 3.38. The number of aryl methyl sites for hydroxylation is 1. The summed E-state index contributed by atoms with van der Waals surface area (Å²) in [5, 5.41) is 10.3. The minimum absolute atomic E-state index is 0.0996. The SMILES string of the molecule is CCSc1ccc(C(=O)N2CCC(CCc3ccc(O)cc3)CC2)cn1. The number of amides is 1. The Bertz CT molecular complexity index is 708. The summed E-state index contributed by atoms with van der Waals surface area (Å²) in [7, 11) is 0. The molecule has 2 heterocycles. The second-order valence-electron chi connectivity index (χ2n) is 6.76. The number of carbonyl (C=O) groups excluding carboxylic acids is 1. The van der Waals surface area contributed by atoms with Gasteiger partial charge in [0.1, 0.15) is 5.75 Å². The van der Waals surface area contributed by atoms with Gasteiger partial charge in [0.25, 0.3) is 5.91 Å². The number of benzene rings is 1. The van der Waals surface area contributed by atoms with Crippen LogP contribution in [-0.4, -0.2) is 39.7 Å². The van der Waals surface area contributed by atoms with Gasteiger partial charge in [-0.3, -0.25) is 4.79 Å². The number of aromatic nitrogens is 1. The van der Waals surface area contributed by atoms with Gasteiger partial charge in [0.2, 0.25) is 0 Å². The number of nitrogens with zero attached hydrogens (tertiary/aromatic N) is 2. The molecular formula is C21H26N2O2S. The molecule has 1 aromatic heterocycles. The summed E-state index contributed by atoms with van der Waals surface area (Å²) in [6, 6.07) is 11.3. The first kappa shape index (κ1) is 18.8. The van der Waals surface area contributed by atoms with Crippen LogP contribution in [0.2, 0.25) is 0 Å². The second kappa shape index (κ2) is 9.08. The van der Waals surface area contributed by atoms with Gasteiger partial charge >= 0.3 is 0 Å². The Kier molecular flexibility index (Phi) is 6.56. The van der Waals surface area contributed by atoms with Crippen molar-refractivity contribution in [3.8, 4) is 5.75 Å². The van der Waals surface area contributed by atoms with E-state index in [4.69, 9.17) is 0 Å². The predicted octanol–water partition coefficient (Wildman–Crippen LogP) is 4.38. The summed E-state index contributed by atoms with van der Waals surface area (Å²) in [6.07, 6.45) is 5.98. The monoisotopic (exact) mass is 370 g/mol. The van der Waals surface area contributed by atoms with Crippen LogP contribution < -0.4 is 0 Å². The fourth-order valence-corrected chi connectivity index (χ4v) is 3.97. The lowest BCUT2D eigenvalue weighted by Gasteiger charge is -2.32. The lowest BCUT2D eigenvalue weighted by molar-refractivity contribution is 0.0686. The summed E-state index contributed by atoms with van der Waals surface area (Å²) in [5.74, 6) is 2.06. The standard InChI is InChI=1S/C21H26N2O2S/c1-2-26-20-10-7-18(15-22-20)21(25)23-13-11-17(12-14-23)4-3-16-5-8-19(24)9-6-16/h5-10,15,17,24H,2-4,11-14H2,1H3. The van der Waals surface area contributed by atoms with Crippen LogP contribution in [0.5, 0.6) is 5.75 Å². The summed E-state index contributed by atoms with van der Waals surface area (Å²) in [5.41, 5.74) is 1.95. The largest absolute Gasteiger partial charge is 0.508 e. The van der Waals surface area contributed by atoms with E-state index in [2.05, 4.69) is 11.9 Å². The Hall–Kier alpha value is -2.01. The Morgan fingerprint density at radius 2 is 1.92 bits per heavy atom. The minimum Gasteiger partial charge on any atom is -0.508 e. The van der Waals surface area contributed by atoms with Gasteiger partial charge in [0, 0.05) is 19.3 Å². The van der Waals surface area contributed by atoms with E-state index in [0.29, 0.717) is 17.2 Å². The molecule has 1 saturated heterocycles. The zero-order valence-corrected chi connectivity index (χ0v) is 16.0. The highest BCUT2D eigenvalue weighted by Crippen LogP contribution is 2.24. The molecule has 1 amide bonds. The van der Waals surface area contributed by atoms with Crippen LogP contribution in [0.1, 0.15) is 42.1 Å². The third-order valence-corrected chi connectivity index (χ3v) is 5.78. The lowest BCUT2D eigenvalue weighted by atomic mass is 9.90. The van der Waals surface area contributed by atoms with Crippen LogP contribution in [0.3, 0.4) is 0 Å². The average molecular weight is 371 g/mol. The minimum atomic E-state index is 0.0996. The Morgan fingerprint density at radius 1 is 1.19 bits per heavy atom. The number of carbonyl (C=O) groups is 1. The molecule has 1 N–H and O–H groups in total. The topological polar surface area (TPSA) is 53.4 Å². The predicted molar refractivity (Wildman–Crippen MR) is 106 cm³/mol. The van der Waals surface area contributed by atoms with Crippen LogP contribution in [0, 0.1) is 5.92 Å². The highest BCUT2D eigenvalue weighted by molar-refractivity contribution is 7.99. The molecule has 0 atom stereocenters. The number of pyridine rings is 1. The van der Waals surface area contributed by atoms with Gasteiger partial charge in [-0.15, -0.1) is 11.8 Å². The molecule has 1 aliphatic rings. The van der Waals surface area contributed by atoms with Gasteiger partial charge in [0.15, 0.2) is 0 Å². The van der Waals surface area contributed by atoms with Crippen LogP contribution in [0.4, 0.5) is 0 Å². The van der Waals surface area contributed by atoms with Crippen LogP contribution >= 0.6 is 11.8 Å². The van der Waals surface area contributed by atoms with Gasteiger partial charge in [-0.05, 0) is 67.2 Å². The smallest absolute Gasteiger partial charge is 0.255 e. The number of aromatic hydroxyl groups is 1. The van der Waals surface area contributed by atoms with E-state index in [0.717, 1.165) is 49.6 Å². The molecule has 3 rings (SSSR count). The summed E-state index contributed by atoms with van der Waals surface area (Å²) >= 11 is 1.69. The maximum Gasteiger partial charge on any atom is 0.255 e. The van der Waals surface area contributed by atoms with E-state index in [1.807, 2.05) is 29.2 Å². The van der Waals surface area contributed by atoms with E-state index in [-0.39, 0.29) is 5.91 Å². The molecule has 26 heavy (non-hydrogen) atoms. The highest BCUT2D eigenvalue weighted by atomic mass is 32.2. The highest BCUT2D eigenvalue weighted by Gasteiger charge is 2.23. The molecule has 0 aliphatic carbocycles. The quantitative estimate of drug-likeness (QED) is 0.767. The van der Waals surface area contributed by atoms with E-state index < -0.39 is 0 Å². The molecule has 0 radical (unpaired) electrons. The van der Waals surface area contributed by atoms with Crippen molar-refractivity contribution in [2.24, 2.45) is 5.92 Å². The first-order valence-corrected chi connectivity index (χ1v) is 10.3. The molecule has 0 spiro atoms. The van der Waals surface area contributed by atoms with Crippen molar-refractivity contribution in [3.05, 3.63) is 53.7 Å². The third kappa shape index (κ3) is 5.01. The average Bonchev–Trinajstić information content (AvgIpc) is 2.68. The van der Waals surface area contributed by atoms with Crippen molar-refractivity contribution in [1.82, 2.24) is 9.88 Å². The number of phenols is 1. The van der Waals surface area contributed by atoms with E-state index >= 15 is 0 Å². The van der Waals surface area contributed by atoms with Crippen LogP contribution in [-0.2, 0) is 6.42 Å². The normalized spacial score (nSPS) is 15.2. The summed E-state index contributed by atoms with van der Waals surface area (Å²) in [4.78, 5) is 19.0. The molecule has 138 valence electrons. The fraction of sp³-hybridized carbons (Fsp3) is 0.429. The Morgan fingerprint density at radius 3 is 2.54 bits per heavy atom. The van der Waals surface area contributed by atoms with Crippen molar-refractivity contribution in [2.75, 3.05) is 18.8 Å². The lowest BCUT2D eigenvalue weighted by Crippen LogP contribution is -2.38. The van der Waals surface area contributed by atoms with Gasteiger partial charge in [-0.2, -0.15) is 0 Å². The summed E-state index contributed by atoms with van der Waals surface area (Å²) < 4.78 is 0. The van der Waals surface area contributed by atoms with Crippen LogP contribution in [0.25, 0.3) is 0 Å². The molecular weight excluding hydrogens is 344 g/mol. The molecule has 1 fully saturated rings. The maximum absolute atomic E-state index is 12.6. The van der Waals surface area contributed by atoms with E-state index in [1.54, 1.807) is 30.1 Å². The Labute approximate surface area is 159 Å². The van der Waals surface area contributed by atoms with Crippen LogP contribution in [0.15, 0.2) is 47.6 Å². The number of likely N-dealkylation sites (tertiary alicyclic amines) is 1. The van der Waals surface area contributed by atoms with E-state index in [9.17, 15) is 9.90 Å². The van der Waals surface area contributed by atoms with Gasteiger partial charge in [-0.1, -0.05) is 19.1 Å². The third-order valence-electron chi connectivity index (χ3n) is 4.95. The number of thioether (sulfide) groups is 1. The number of phenolic OH excluding ortho intramolecular Hbond substituents is 1. The number of rotatable bonds is 6. The molecule has 0 saturated carbocycles. The van der Waals surface area contributed by atoms with Gasteiger partial charge in [-0.25, -0.2) is 4.98 Å². The number of hydrogen-bond donors (Lipinski definition) is 1. The maximum atomic E-state index is 12.6. The van der Waals surface area contributed by atoms with E-state index in [1.165, 1.54) is 5.56 Å². The zero-order valence-electron chi connectivity index (χ0n) is 15.2. The van der Waals surface area contributed by atoms with Crippen molar-refractivity contribution in [3.63, 3.8) is 0 Å². The molecule has 1 aliphatic heterocycles. The first-order chi connectivity index (χ1) is 12.7. The van der Waals surface area contributed by atoms with Crippen molar-refractivity contribution in [2.45, 2.75) is 37.6 Å². The number of piperidine rings is 1. The van der Waals surface area contributed by atoms with Crippen molar-refractivity contribution in [1.29, 1.82) is 0 Å². The Balaban J connectivity index is 1.46. The van der Waals surface area contributed by atoms with Crippen molar-refractivity contribution < 1.29 is 9.90 Å². The molecule has 1 aromatic carbocycles. The first-order valence-electron chi connectivity index (χ1n) is 9.31. The molecule has 4 nitrogen and oxygen atoms in total. The number of hydrogen-bond acceptors (Lipinski definition) is 4. The van der Waals surface area contributed by atoms with Crippen molar-refractivity contribution >= 4 is 17.7 Å². The second-order valence-corrected chi connectivity index (χ2v) is 8.04. The summed E-state index contributed by atoms with van der Waals surface area (Å²) in [6.45, 7) is 3.74.